The van der Waals surface area contributed by atoms with Crippen molar-refractivity contribution in [3.8, 4) is 17.0 Å². The van der Waals surface area contributed by atoms with Crippen LogP contribution in [-0.4, -0.2) is 38.1 Å². The SMILES string of the molecule is CC(Oc1cc(-c2ccn(C)n2)cc2nn(C)cc12)C1CNC(=O)C1. The van der Waals surface area contributed by atoms with Gasteiger partial charge in [0.2, 0.25) is 5.91 Å². The Morgan fingerprint density at radius 1 is 1.28 bits per heavy atom. The maximum atomic E-state index is 11.5. The molecular formula is C18H21N5O2. The van der Waals surface area contributed by atoms with Gasteiger partial charge in [0, 0.05) is 50.9 Å². The summed E-state index contributed by atoms with van der Waals surface area (Å²) in [5.41, 5.74) is 2.72. The van der Waals surface area contributed by atoms with Gasteiger partial charge in [0.05, 0.1) is 16.6 Å². The summed E-state index contributed by atoms with van der Waals surface area (Å²) < 4.78 is 9.82. The van der Waals surface area contributed by atoms with Crippen LogP contribution in [0.5, 0.6) is 5.75 Å². The third-order valence-electron chi connectivity index (χ3n) is 4.70. The first kappa shape index (κ1) is 15.7. The number of ether oxygens (including phenoxy) is 1. The molecule has 2 aromatic heterocycles. The number of aromatic nitrogens is 4. The fourth-order valence-corrected chi connectivity index (χ4v) is 3.28. The highest BCUT2D eigenvalue weighted by atomic mass is 16.5. The molecule has 3 heterocycles. The van der Waals surface area contributed by atoms with Crippen LogP contribution in [-0.2, 0) is 18.9 Å². The Hall–Kier alpha value is -2.83. The Bertz CT molecular complexity index is 942. The van der Waals surface area contributed by atoms with Crippen molar-refractivity contribution in [3.63, 3.8) is 0 Å². The molecule has 7 heteroatoms. The first-order chi connectivity index (χ1) is 12.0. The Balaban J connectivity index is 1.72. The molecule has 1 amide bonds. The Kier molecular flexibility index (Phi) is 3.71. The predicted molar refractivity (Wildman–Crippen MR) is 94.1 cm³/mol. The summed E-state index contributed by atoms with van der Waals surface area (Å²) in [6, 6.07) is 6.00. The van der Waals surface area contributed by atoms with Gasteiger partial charge in [-0.3, -0.25) is 14.2 Å². The maximum absolute atomic E-state index is 11.5. The van der Waals surface area contributed by atoms with Crippen molar-refractivity contribution in [1.29, 1.82) is 0 Å². The fraction of sp³-hybridized carbons (Fsp3) is 0.389. The van der Waals surface area contributed by atoms with Gasteiger partial charge in [0.25, 0.3) is 0 Å². The normalized spacial score (nSPS) is 18.5. The third-order valence-corrected chi connectivity index (χ3v) is 4.70. The number of nitrogens with zero attached hydrogens (tertiary/aromatic N) is 4. The highest BCUT2D eigenvalue weighted by molar-refractivity contribution is 5.89. The second-order valence-corrected chi connectivity index (χ2v) is 6.68. The number of hydrogen-bond donors (Lipinski definition) is 1. The van der Waals surface area contributed by atoms with Crippen LogP contribution in [0.15, 0.2) is 30.6 Å². The van der Waals surface area contributed by atoms with E-state index in [2.05, 4.69) is 15.5 Å². The van der Waals surface area contributed by atoms with Crippen molar-refractivity contribution in [2.75, 3.05) is 6.54 Å². The summed E-state index contributed by atoms with van der Waals surface area (Å²) in [5, 5.41) is 12.8. The van der Waals surface area contributed by atoms with Crippen LogP contribution < -0.4 is 10.1 Å². The lowest BCUT2D eigenvalue weighted by Gasteiger charge is -2.20. The van der Waals surface area contributed by atoms with E-state index in [0.29, 0.717) is 13.0 Å². The van der Waals surface area contributed by atoms with Crippen molar-refractivity contribution in [1.82, 2.24) is 24.9 Å². The molecule has 0 bridgehead atoms. The molecule has 25 heavy (non-hydrogen) atoms. The molecule has 0 radical (unpaired) electrons. The van der Waals surface area contributed by atoms with Crippen molar-refractivity contribution in [2.45, 2.75) is 19.4 Å². The van der Waals surface area contributed by atoms with Crippen LogP contribution in [0.3, 0.4) is 0 Å². The van der Waals surface area contributed by atoms with E-state index in [1.807, 2.05) is 51.6 Å². The molecule has 7 nitrogen and oxygen atoms in total. The lowest BCUT2D eigenvalue weighted by atomic mass is 10.0. The molecule has 0 spiro atoms. The second-order valence-electron chi connectivity index (χ2n) is 6.68. The molecule has 1 N–H and O–H groups in total. The van der Waals surface area contributed by atoms with E-state index < -0.39 is 0 Å². The van der Waals surface area contributed by atoms with Crippen LogP contribution in [0.25, 0.3) is 22.2 Å². The van der Waals surface area contributed by atoms with E-state index in [4.69, 9.17) is 4.74 Å². The van der Waals surface area contributed by atoms with E-state index in [9.17, 15) is 4.79 Å². The number of rotatable bonds is 4. The van der Waals surface area contributed by atoms with Gasteiger partial charge >= 0.3 is 0 Å². The molecule has 0 saturated carbocycles. The molecule has 1 saturated heterocycles. The van der Waals surface area contributed by atoms with E-state index in [1.165, 1.54) is 0 Å². The first-order valence-electron chi connectivity index (χ1n) is 8.40. The molecule has 0 aliphatic carbocycles. The van der Waals surface area contributed by atoms with E-state index in [1.54, 1.807) is 9.36 Å². The highest BCUT2D eigenvalue weighted by Crippen LogP contribution is 2.33. The van der Waals surface area contributed by atoms with E-state index in [-0.39, 0.29) is 17.9 Å². The van der Waals surface area contributed by atoms with Crippen LogP contribution in [0.1, 0.15) is 13.3 Å². The zero-order valence-electron chi connectivity index (χ0n) is 14.6. The van der Waals surface area contributed by atoms with Crippen molar-refractivity contribution < 1.29 is 9.53 Å². The van der Waals surface area contributed by atoms with Crippen LogP contribution in [0.4, 0.5) is 0 Å². The second kappa shape index (κ2) is 5.91. The molecule has 2 atom stereocenters. The monoisotopic (exact) mass is 339 g/mol. The number of carbonyl (C=O) groups excluding carboxylic acids is 1. The maximum Gasteiger partial charge on any atom is 0.220 e. The van der Waals surface area contributed by atoms with Gasteiger partial charge in [-0.25, -0.2) is 0 Å². The standard InChI is InChI=1S/C18H21N5O2/c1-11(13-8-18(24)19-9-13)25-17-7-12(15-4-5-22(2)20-15)6-16-14(17)10-23(3)21-16/h4-7,10-11,13H,8-9H2,1-3H3,(H,19,24). The number of fused-ring (bicyclic) bond motifs is 1. The summed E-state index contributed by atoms with van der Waals surface area (Å²) in [5.74, 6) is 1.05. The molecule has 3 aromatic rings. The lowest BCUT2D eigenvalue weighted by Crippen LogP contribution is -2.25. The van der Waals surface area contributed by atoms with E-state index >= 15 is 0 Å². The molecule has 1 aliphatic rings. The smallest absolute Gasteiger partial charge is 0.220 e. The van der Waals surface area contributed by atoms with Gasteiger partial charge in [0.15, 0.2) is 0 Å². The van der Waals surface area contributed by atoms with Gasteiger partial charge in [-0.2, -0.15) is 10.2 Å². The van der Waals surface area contributed by atoms with Gasteiger partial charge in [-0.05, 0) is 25.1 Å². The Morgan fingerprint density at radius 3 is 2.80 bits per heavy atom. The van der Waals surface area contributed by atoms with Crippen molar-refractivity contribution in [3.05, 3.63) is 30.6 Å². The lowest BCUT2D eigenvalue weighted by molar-refractivity contribution is -0.119. The Labute approximate surface area is 145 Å². The summed E-state index contributed by atoms with van der Waals surface area (Å²) in [6.45, 7) is 2.68. The molecule has 1 aromatic carbocycles. The summed E-state index contributed by atoms with van der Waals surface area (Å²) in [4.78, 5) is 11.5. The van der Waals surface area contributed by atoms with Crippen LogP contribution in [0, 0.1) is 5.92 Å². The fourth-order valence-electron chi connectivity index (χ4n) is 3.28. The zero-order valence-corrected chi connectivity index (χ0v) is 14.6. The minimum Gasteiger partial charge on any atom is -0.490 e. The topological polar surface area (TPSA) is 74.0 Å². The highest BCUT2D eigenvalue weighted by Gasteiger charge is 2.28. The van der Waals surface area contributed by atoms with Gasteiger partial charge in [0.1, 0.15) is 11.9 Å². The molecule has 2 unspecified atom stereocenters. The predicted octanol–water partition coefficient (Wildman–Crippen LogP) is 1.88. The van der Waals surface area contributed by atoms with Gasteiger partial charge in [-0.1, -0.05) is 0 Å². The summed E-state index contributed by atoms with van der Waals surface area (Å²) in [6.07, 6.45) is 4.31. The third kappa shape index (κ3) is 2.97. The Morgan fingerprint density at radius 2 is 2.12 bits per heavy atom. The molecule has 130 valence electrons. The summed E-state index contributed by atoms with van der Waals surface area (Å²) >= 11 is 0. The average Bonchev–Trinajstić information content (AvgIpc) is 3.26. The van der Waals surface area contributed by atoms with Crippen LogP contribution >= 0.6 is 0 Å². The number of benzene rings is 1. The van der Waals surface area contributed by atoms with Gasteiger partial charge < -0.3 is 10.1 Å². The molecular weight excluding hydrogens is 318 g/mol. The minimum atomic E-state index is -0.0682. The zero-order chi connectivity index (χ0) is 17.6. The number of aryl methyl sites for hydroxylation is 2. The molecule has 1 fully saturated rings. The number of amides is 1. The average molecular weight is 339 g/mol. The van der Waals surface area contributed by atoms with Crippen LogP contribution in [0.2, 0.25) is 0 Å². The minimum absolute atomic E-state index is 0.0682. The molecule has 4 rings (SSSR count). The van der Waals surface area contributed by atoms with Gasteiger partial charge in [-0.15, -0.1) is 0 Å². The largest absolute Gasteiger partial charge is 0.490 e. The van der Waals surface area contributed by atoms with Crippen molar-refractivity contribution in [2.24, 2.45) is 20.0 Å². The van der Waals surface area contributed by atoms with Crippen molar-refractivity contribution >= 4 is 16.8 Å². The number of carbonyl (C=O) groups is 1. The number of nitrogens with one attached hydrogen (secondary N) is 1. The quantitative estimate of drug-likeness (QED) is 0.787. The number of hydrogen-bond acceptors (Lipinski definition) is 4. The first-order valence-corrected chi connectivity index (χ1v) is 8.40. The summed E-state index contributed by atoms with van der Waals surface area (Å²) in [7, 11) is 3.79. The van der Waals surface area contributed by atoms with E-state index in [0.717, 1.165) is 27.9 Å². The molecule has 1 aliphatic heterocycles.